The number of aromatic nitrogens is 2. The third-order valence-electron chi connectivity index (χ3n) is 4.43. The SMILES string of the molecule is O=C(O)c1nc(CCO)n2c1[C@@H]1CCCN1C(=O)c1sccc1-2. The predicted octanol–water partition coefficient (Wildman–Crippen LogP) is 1.46. The Labute approximate surface area is 135 Å². The lowest BCUT2D eigenvalue weighted by molar-refractivity contribution is 0.0674. The Hall–Kier alpha value is -2.19. The van der Waals surface area contributed by atoms with Crippen LogP contribution < -0.4 is 0 Å². The molecule has 120 valence electrons. The summed E-state index contributed by atoms with van der Waals surface area (Å²) < 4.78 is 1.78. The van der Waals surface area contributed by atoms with Crippen LogP contribution in [0.4, 0.5) is 0 Å². The molecule has 0 radical (unpaired) electrons. The zero-order chi connectivity index (χ0) is 16.1. The molecule has 2 aliphatic rings. The molecule has 0 aliphatic carbocycles. The number of carboxylic acids is 1. The Balaban J connectivity index is 2.05. The lowest BCUT2D eigenvalue weighted by Crippen LogP contribution is -2.29. The number of carboxylic acid groups (broad SMARTS) is 1. The Kier molecular flexibility index (Phi) is 3.24. The fraction of sp³-hybridized carbons (Fsp3) is 0.400. The Morgan fingerprint density at radius 3 is 3.04 bits per heavy atom. The van der Waals surface area contributed by atoms with Crippen LogP contribution in [0.25, 0.3) is 5.69 Å². The van der Waals surface area contributed by atoms with Crippen LogP contribution in [0, 0.1) is 0 Å². The number of imidazole rings is 1. The van der Waals surface area contributed by atoms with Gasteiger partial charge in [0, 0.05) is 13.0 Å². The summed E-state index contributed by atoms with van der Waals surface area (Å²) in [5.74, 6) is -0.662. The molecule has 4 rings (SSSR count). The lowest BCUT2D eigenvalue weighted by atomic mass is 10.1. The first-order valence-corrected chi connectivity index (χ1v) is 8.36. The van der Waals surface area contributed by atoms with Crippen molar-refractivity contribution in [3.8, 4) is 5.69 Å². The summed E-state index contributed by atoms with van der Waals surface area (Å²) in [5, 5.41) is 20.7. The minimum absolute atomic E-state index is 0.0165. The molecule has 0 unspecified atom stereocenters. The third kappa shape index (κ3) is 1.95. The number of hydrogen-bond donors (Lipinski definition) is 2. The molecule has 7 nitrogen and oxygen atoms in total. The predicted molar refractivity (Wildman–Crippen MR) is 82.2 cm³/mol. The maximum Gasteiger partial charge on any atom is 0.356 e. The zero-order valence-electron chi connectivity index (χ0n) is 12.2. The molecule has 2 N–H and O–H groups in total. The first-order chi connectivity index (χ1) is 11.1. The van der Waals surface area contributed by atoms with Gasteiger partial charge in [0.1, 0.15) is 10.7 Å². The van der Waals surface area contributed by atoms with Crippen LogP contribution in [0.3, 0.4) is 0 Å². The number of aromatic carboxylic acids is 1. The van der Waals surface area contributed by atoms with Crippen LogP contribution in [0.1, 0.15) is 50.6 Å². The van der Waals surface area contributed by atoms with E-state index in [0.717, 1.165) is 12.8 Å². The average molecular weight is 333 g/mol. The molecule has 0 saturated carbocycles. The molecule has 0 spiro atoms. The molecule has 1 saturated heterocycles. The fourth-order valence-electron chi connectivity index (χ4n) is 3.55. The van der Waals surface area contributed by atoms with Crippen molar-refractivity contribution in [2.45, 2.75) is 25.3 Å². The second-order valence-corrected chi connectivity index (χ2v) is 6.58. The fourth-order valence-corrected chi connectivity index (χ4v) is 4.38. The third-order valence-corrected chi connectivity index (χ3v) is 5.32. The summed E-state index contributed by atoms with van der Waals surface area (Å²) in [7, 11) is 0. The molecule has 1 fully saturated rings. The Morgan fingerprint density at radius 2 is 2.30 bits per heavy atom. The van der Waals surface area contributed by atoms with Crippen LogP contribution in [0.2, 0.25) is 0 Å². The van der Waals surface area contributed by atoms with Crippen molar-refractivity contribution >= 4 is 23.2 Å². The first kappa shape index (κ1) is 14.4. The molecule has 8 heteroatoms. The molecule has 2 aromatic heterocycles. The van der Waals surface area contributed by atoms with E-state index in [-0.39, 0.29) is 30.7 Å². The highest BCUT2D eigenvalue weighted by atomic mass is 32.1. The summed E-state index contributed by atoms with van der Waals surface area (Å²) in [6, 6.07) is 1.55. The molecule has 4 heterocycles. The standard InChI is InChI=1S/C15H15N3O4S/c19-6-3-10-16-11(15(21)22)12-8-2-1-5-17(8)14(20)13-9(18(10)12)4-7-23-13/h4,7-8,19H,1-3,5-6H2,(H,21,22)/t8-/m0/s1. The zero-order valence-corrected chi connectivity index (χ0v) is 13.0. The molecule has 1 amide bonds. The Morgan fingerprint density at radius 1 is 1.48 bits per heavy atom. The number of aliphatic hydroxyl groups is 1. The lowest BCUT2D eigenvalue weighted by Gasteiger charge is -2.22. The van der Waals surface area contributed by atoms with Gasteiger partial charge in [-0.2, -0.15) is 0 Å². The van der Waals surface area contributed by atoms with Crippen LogP contribution >= 0.6 is 11.3 Å². The number of nitrogens with zero attached hydrogens (tertiary/aromatic N) is 3. The van der Waals surface area contributed by atoms with E-state index in [4.69, 9.17) is 0 Å². The number of carbonyl (C=O) groups excluding carboxylic acids is 1. The minimum Gasteiger partial charge on any atom is -0.476 e. The summed E-state index contributed by atoms with van der Waals surface area (Å²) in [4.78, 5) is 31.1. The van der Waals surface area contributed by atoms with Crippen LogP contribution in [0.15, 0.2) is 11.4 Å². The number of fused-ring (bicyclic) bond motifs is 5. The quantitative estimate of drug-likeness (QED) is 0.886. The van der Waals surface area contributed by atoms with Gasteiger partial charge in [0.2, 0.25) is 0 Å². The number of amides is 1. The maximum absolute atomic E-state index is 12.8. The molecule has 23 heavy (non-hydrogen) atoms. The van der Waals surface area contributed by atoms with Crippen LogP contribution in [-0.4, -0.2) is 49.7 Å². The average Bonchev–Trinajstić information content (AvgIpc) is 3.22. The van der Waals surface area contributed by atoms with Gasteiger partial charge < -0.3 is 15.1 Å². The maximum atomic E-state index is 12.8. The van der Waals surface area contributed by atoms with Crippen molar-refractivity contribution in [1.29, 1.82) is 0 Å². The summed E-state index contributed by atoms with van der Waals surface area (Å²) >= 11 is 1.35. The monoisotopic (exact) mass is 333 g/mol. The van der Waals surface area contributed by atoms with Gasteiger partial charge in [0.05, 0.1) is 24.0 Å². The van der Waals surface area contributed by atoms with Gasteiger partial charge in [-0.15, -0.1) is 11.3 Å². The Bertz CT molecular complexity index is 810. The number of rotatable bonds is 3. The number of aliphatic hydroxyl groups excluding tert-OH is 1. The summed E-state index contributed by atoms with van der Waals surface area (Å²) in [6.07, 6.45) is 1.82. The van der Waals surface area contributed by atoms with E-state index in [0.29, 0.717) is 28.6 Å². The van der Waals surface area contributed by atoms with E-state index >= 15 is 0 Å². The van der Waals surface area contributed by atoms with Crippen LogP contribution in [0.5, 0.6) is 0 Å². The summed E-state index contributed by atoms with van der Waals surface area (Å²) in [6.45, 7) is 0.498. The van der Waals surface area contributed by atoms with E-state index < -0.39 is 5.97 Å². The van der Waals surface area contributed by atoms with E-state index in [9.17, 15) is 19.8 Å². The van der Waals surface area contributed by atoms with E-state index in [1.165, 1.54) is 11.3 Å². The highest BCUT2D eigenvalue weighted by Crippen LogP contribution is 2.42. The van der Waals surface area contributed by atoms with Crippen molar-refractivity contribution in [2.24, 2.45) is 0 Å². The summed E-state index contributed by atoms with van der Waals surface area (Å²) in [5.41, 5.74) is 1.22. The molecule has 0 bridgehead atoms. The van der Waals surface area contributed by atoms with Gasteiger partial charge in [0.15, 0.2) is 5.69 Å². The van der Waals surface area contributed by atoms with Crippen LogP contribution in [-0.2, 0) is 6.42 Å². The normalized spacial score (nSPS) is 19.3. The molecule has 2 aromatic rings. The highest BCUT2D eigenvalue weighted by molar-refractivity contribution is 7.12. The van der Waals surface area contributed by atoms with Gasteiger partial charge in [-0.05, 0) is 24.3 Å². The second kappa shape index (κ2) is 5.17. The molecule has 1 atom stereocenters. The van der Waals surface area contributed by atoms with E-state index in [1.54, 1.807) is 9.47 Å². The minimum atomic E-state index is -1.10. The van der Waals surface area contributed by atoms with Gasteiger partial charge >= 0.3 is 5.97 Å². The van der Waals surface area contributed by atoms with Crippen molar-refractivity contribution in [2.75, 3.05) is 13.2 Å². The van der Waals surface area contributed by atoms with Gasteiger partial charge in [0.25, 0.3) is 5.91 Å². The van der Waals surface area contributed by atoms with Gasteiger partial charge in [-0.3, -0.25) is 9.36 Å². The number of thiophene rings is 1. The smallest absolute Gasteiger partial charge is 0.356 e. The van der Waals surface area contributed by atoms with Crippen molar-refractivity contribution in [3.05, 3.63) is 33.5 Å². The number of carbonyl (C=O) groups is 2. The molecule has 0 aromatic carbocycles. The van der Waals surface area contributed by atoms with Crippen molar-refractivity contribution < 1.29 is 19.8 Å². The molecule has 2 aliphatic heterocycles. The highest BCUT2D eigenvalue weighted by Gasteiger charge is 2.41. The van der Waals surface area contributed by atoms with Crippen molar-refractivity contribution in [3.63, 3.8) is 0 Å². The van der Waals surface area contributed by atoms with Gasteiger partial charge in [-0.1, -0.05) is 0 Å². The van der Waals surface area contributed by atoms with E-state index in [2.05, 4.69) is 4.98 Å². The van der Waals surface area contributed by atoms with Crippen molar-refractivity contribution in [1.82, 2.24) is 14.5 Å². The molecular formula is C15H15N3O4S. The van der Waals surface area contributed by atoms with Gasteiger partial charge in [-0.25, -0.2) is 9.78 Å². The largest absolute Gasteiger partial charge is 0.476 e. The number of hydrogen-bond acceptors (Lipinski definition) is 5. The molecular weight excluding hydrogens is 318 g/mol. The second-order valence-electron chi connectivity index (χ2n) is 5.67. The first-order valence-electron chi connectivity index (χ1n) is 7.48. The van der Waals surface area contributed by atoms with E-state index in [1.807, 2.05) is 11.4 Å². The topological polar surface area (TPSA) is 95.7 Å².